The molecule has 0 saturated carbocycles. The molecule has 0 radical (unpaired) electrons. The smallest absolute Gasteiger partial charge is 0.0540 e. The van der Waals surface area contributed by atoms with Crippen LogP contribution in [0.5, 0.6) is 0 Å². The van der Waals surface area contributed by atoms with Gasteiger partial charge in [-0.2, -0.15) is 0 Å². The molecule has 0 aliphatic carbocycles. The highest BCUT2D eigenvalue weighted by molar-refractivity contribution is 6.09. The number of rotatable bonds is 13. The van der Waals surface area contributed by atoms with E-state index in [2.05, 4.69) is 372 Å². The summed E-state index contributed by atoms with van der Waals surface area (Å²) in [5, 5.41) is 7.23. The lowest BCUT2D eigenvalue weighted by atomic mass is 9.96. The highest BCUT2D eigenvalue weighted by atomic mass is 15.2. The van der Waals surface area contributed by atoms with Crippen molar-refractivity contribution in [1.29, 1.82) is 0 Å². The van der Waals surface area contributed by atoms with Crippen LogP contribution in [0.25, 0.3) is 110 Å². The molecule has 0 fully saturated rings. The number of benzene rings is 14. The van der Waals surface area contributed by atoms with E-state index in [1.165, 1.54) is 88.2 Å². The topological polar surface area (TPSA) is 16.3 Å². The van der Waals surface area contributed by atoms with Crippen LogP contribution in [-0.4, -0.2) is 9.13 Å². The highest BCUT2D eigenvalue weighted by Crippen LogP contribution is 2.47. The fraction of sp³-hybridized carbons (Fsp3) is 0.0233. The van der Waals surface area contributed by atoms with Gasteiger partial charge in [-0.1, -0.05) is 231 Å². The summed E-state index contributed by atoms with van der Waals surface area (Å²) in [5.41, 5.74) is 25.5. The van der Waals surface area contributed by atoms with Crippen LogP contribution in [0.2, 0.25) is 0 Å². The Kier molecular flexibility index (Phi) is 13.6. The summed E-state index contributed by atoms with van der Waals surface area (Å²) in [6.07, 6.45) is 0. The molecule has 16 rings (SSSR count). The first-order valence-corrected chi connectivity index (χ1v) is 31.0. The monoisotopic (exact) mass is 1150 g/mol. The Morgan fingerprint density at radius 3 is 0.878 bits per heavy atom. The van der Waals surface area contributed by atoms with Gasteiger partial charge in [-0.3, -0.25) is 0 Å². The molecule has 0 aliphatic heterocycles. The van der Waals surface area contributed by atoms with E-state index in [1.54, 1.807) is 0 Å². The van der Waals surface area contributed by atoms with Crippen molar-refractivity contribution in [2.75, 3.05) is 9.80 Å². The second kappa shape index (κ2) is 22.9. The molecule has 14 aromatic carbocycles. The fourth-order valence-electron chi connectivity index (χ4n) is 14.0. The van der Waals surface area contributed by atoms with Crippen LogP contribution < -0.4 is 9.80 Å². The van der Waals surface area contributed by atoms with Gasteiger partial charge >= 0.3 is 0 Å². The van der Waals surface area contributed by atoms with Crippen LogP contribution in [0.1, 0.15) is 11.4 Å². The Morgan fingerprint density at radius 1 is 0.222 bits per heavy atom. The van der Waals surface area contributed by atoms with E-state index in [0.717, 1.165) is 67.7 Å². The average molecular weight is 1150 g/mol. The molecule has 0 atom stereocenters. The predicted molar refractivity (Wildman–Crippen MR) is 381 cm³/mol. The molecule has 0 unspecified atom stereocenters. The standard InChI is InChI=1S/C86H62N4/c1-59-85(63-29-13-5-14-30-63)79-57-65(41-53-83(79)87(59)69-43-47-71(48-44-69)89(67-33-17-7-18-34-67)81-55-51-73(61-25-9-3-10-26-61)75-37-21-23-39-77(75)81)66-42-54-84-80(58-66)86(64-31-15-6-16-32-64)60(2)88(84)70-45-49-72(50-46-70)90(68-35-19-8-20-36-68)82-56-52-74(62-27-11-4-12-28-62)76-38-22-24-40-78(76)82/h3-58H,1-2H3. The molecule has 4 heteroatoms. The van der Waals surface area contributed by atoms with E-state index >= 15 is 0 Å². The minimum atomic E-state index is 1.08. The first-order chi connectivity index (χ1) is 44.5. The third-order valence-corrected chi connectivity index (χ3v) is 18.1. The van der Waals surface area contributed by atoms with Crippen molar-refractivity contribution in [3.8, 4) is 67.0 Å². The molecular formula is C86H62N4. The second-order valence-electron chi connectivity index (χ2n) is 23.2. The normalized spacial score (nSPS) is 11.4. The van der Waals surface area contributed by atoms with Gasteiger partial charge in [0.1, 0.15) is 0 Å². The van der Waals surface area contributed by atoms with Crippen LogP contribution >= 0.6 is 0 Å². The maximum atomic E-state index is 2.44. The number of para-hydroxylation sites is 2. The van der Waals surface area contributed by atoms with E-state index in [9.17, 15) is 0 Å². The molecule has 426 valence electrons. The highest BCUT2D eigenvalue weighted by Gasteiger charge is 2.24. The van der Waals surface area contributed by atoms with Gasteiger partial charge in [0.15, 0.2) is 0 Å². The van der Waals surface area contributed by atoms with Gasteiger partial charge in [0.2, 0.25) is 0 Å². The predicted octanol–water partition coefficient (Wildman–Crippen LogP) is 23.8. The summed E-state index contributed by atoms with van der Waals surface area (Å²) in [7, 11) is 0. The minimum absolute atomic E-state index is 1.08. The number of hydrogen-bond donors (Lipinski definition) is 0. The van der Waals surface area contributed by atoms with Gasteiger partial charge < -0.3 is 18.9 Å². The summed E-state index contributed by atoms with van der Waals surface area (Å²) >= 11 is 0. The lowest BCUT2D eigenvalue weighted by Crippen LogP contribution is -2.11. The van der Waals surface area contributed by atoms with Crippen LogP contribution in [-0.2, 0) is 0 Å². The maximum absolute atomic E-state index is 2.44. The van der Waals surface area contributed by atoms with Crippen molar-refractivity contribution in [2.45, 2.75) is 13.8 Å². The third-order valence-electron chi connectivity index (χ3n) is 18.1. The van der Waals surface area contributed by atoms with Crippen molar-refractivity contribution in [3.63, 3.8) is 0 Å². The van der Waals surface area contributed by atoms with E-state index < -0.39 is 0 Å². The number of hydrogen-bond acceptors (Lipinski definition) is 2. The molecule has 16 aromatic rings. The molecule has 0 bridgehead atoms. The lowest BCUT2D eigenvalue weighted by molar-refractivity contribution is 1.05. The molecule has 0 saturated heterocycles. The Balaban J connectivity index is 0.787. The molecule has 90 heavy (non-hydrogen) atoms. The summed E-state index contributed by atoms with van der Waals surface area (Å²) in [6, 6.07) is 124. The first-order valence-electron chi connectivity index (χ1n) is 31.0. The third kappa shape index (κ3) is 9.41. The SMILES string of the molecule is Cc1c(-c2ccccc2)c2cc(-c3ccc4c(c3)c(-c3ccccc3)c(C)n4-c3ccc(N(c4ccccc4)c4ccc(-c5ccccc5)c5ccccc45)cc3)ccc2n1-c1ccc(N(c2ccccc2)c2ccc(-c3ccccc3)c3ccccc23)cc1. The zero-order valence-corrected chi connectivity index (χ0v) is 50.1. The van der Waals surface area contributed by atoms with Crippen molar-refractivity contribution in [2.24, 2.45) is 0 Å². The average Bonchev–Trinajstić information content (AvgIpc) is 1.51. The van der Waals surface area contributed by atoms with E-state index in [-0.39, 0.29) is 0 Å². The maximum Gasteiger partial charge on any atom is 0.0540 e. The lowest BCUT2D eigenvalue weighted by Gasteiger charge is -2.27. The summed E-state index contributed by atoms with van der Waals surface area (Å²) < 4.78 is 4.88. The zero-order chi connectivity index (χ0) is 60.1. The molecule has 0 N–H and O–H groups in total. The van der Waals surface area contributed by atoms with Gasteiger partial charge in [0.05, 0.1) is 22.4 Å². The molecule has 2 heterocycles. The molecule has 4 nitrogen and oxygen atoms in total. The van der Waals surface area contributed by atoms with Gasteiger partial charge in [0.25, 0.3) is 0 Å². The Hall–Kier alpha value is -11.7. The van der Waals surface area contributed by atoms with Gasteiger partial charge in [-0.05, 0) is 178 Å². The number of anilines is 6. The molecule has 0 amide bonds. The van der Waals surface area contributed by atoms with Crippen LogP contribution in [0.4, 0.5) is 34.1 Å². The summed E-state index contributed by atoms with van der Waals surface area (Å²) in [5.74, 6) is 0. The number of aromatic nitrogens is 2. The largest absolute Gasteiger partial charge is 0.313 e. The van der Waals surface area contributed by atoms with Crippen molar-refractivity contribution in [3.05, 3.63) is 351 Å². The number of fused-ring (bicyclic) bond motifs is 4. The summed E-state index contributed by atoms with van der Waals surface area (Å²) in [4.78, 5) is 4.79. The Bertz CT molecular complexity index is 4930. The van der Waals surface area contributed by atoms with Crippen LogP contribution in [0.15, 0.2) is 340 Å². The second-order valence-corrected chi connectivity index (χ2v) is 23.2. The van der Waals surface area contributed by atoms with Crippen LogP contribution in [0.3, 0.4) is 0 Å². The van der Waals surface area contributed by atoms with E-state index in [1.807, 2.05) is 0 Å². The van der Waals surface area contributed by atoms with E-state index in [0.29, 0.717) is 0 Å². The molecular weight excluding hydrogens is 1090 g/mol. The Morgan fingerprint density at radius 2 is 0.522 bits per heavy atom. The molecule has 0 aliphatic rings. The van der Waals surface area contributed by atoms with E-state index in [4.69, 9.17) is 0 Å². The van der Waals surface area contributed by atoms with Gasteiger partial charge in [-0.25, -0.2) is 0 Å². The zero-order valence-electron chi connectivity index (χ0n) is 50.1. The molecule has 2 aromatic heterocycles. The fourth-order valence-corrected chi connectivity index (χ4v) is 14.0. The van der Waals surface area contributed by atoms with Crippen LogP contribution in [0, 0.1) is 13.8 Å². The first kappa shape index (κ1) is 53.7. The van der Waals surface area contributed by atoms with Gasteiger partial charge in [-0.15, -0.1) is 0 Å². The number of nitrogens with zero attached hydrogens (tertiary/aromatic N) is 4. The van der Waals surface area contributed by atoms with Crippen molar-refractivity contribution < 1.29 is 0 Å². The quantitative estimate of drug-likeness (QED) is 0.114. The van der Waals surface area contributed by atoms with Crippen molar-refractivity contribution >= 4 is 77.5 Å². The van der Waals surface area contributed by atoms with Gasteiger partial charge in [0, 0.05) is 78.2 Å². The molecule has 0 spiro atoms. The summed E-state index contributed by atoms with van der Waals surface area (Å²) in [6.45, 7) is 4.54. The van der Waals surface area contributed by atoms with Crippen molar-refractivity contribution in [1.82, 2.24) is 9.13 Å². The minimum Gasteiger partial charge on any atom is -0.313 e. The Labute approximate surface area is 525 Å².